The molecule has 0 bridgehead atoms. The zero-order valence-corrected chi connectivity index (χ0v) is 10.6. The predicted molar refractivity (Wildman–Crippen MR) is 66.6 cm³/mol. The van der Waals surface area contributed by atoms with Crippen LogP contribution in [-0.4, -0.2) is 53.2 Å². The molecule has 0 aliphatic carbocycles. The molecule has 1 aliphatic heterocycles. The molecule has 18 heavy (non-hydrogen) atoms. The summed E-state index contributed by atoms with van der Waals surface area (Å²) >= 11 is 0. The normalized spacial score (nSPS) is 16.5. The van der Waals surface area contributed by atoms with Gasteiger partial charge in [0.1, 0.15) is 6.61 Å². The number of ether oxygens (including phenoxy) is 2. The van der Waals surface area contributed by atoms with Gasteiger partial charge in [-0.3, -0.25) is 4.90 Å². The summed E-state index contributed by atoms with van der Waals surface area (Å²) in [5.74, 6) is 0.106. The van der Waals surface area contributed by atoms with Crippen LogP contribution in [0, 0.1) is 0 Å². The minimum Gasteiger partial charge on any atom is -0.467 e. The Kier molecular flexibility index (Phi) is 4.52. The standard InChI is InChI=1S/C11H19N5O2/c1-17-10-13-9(12)14-11(15-10)18-8-7-16-5-3-2-4-6-16/h2-8H2,1H3,(H2,12,13,14,15). The fraction of sp³-hybridized carbons (Fsp3) is 0.727. The highest BCUT2D eigenvalue weighted by Gasteiger charge is 2.10. The van der Waals surface area contributed by atoms with Crippen LogP contribution in [0.3, 0.4) is 0 Å². The number of piperidine rings is 1. The predicted octanol–water partition coefficient (Wildman–Crippen LogP) is 0.327. The van der Waals surface area contributed by atoms with Gasteiger partial charge in [-0.15, -0.1) is 4.98 Å². The van der Waals surface area contributed by atoms with Gasteiger partial charge < -0.3 is 15.2 Å². The quantitative estimate of drug-likeness (QED) is 0.809. The lowest BCUT2D eigenvalue weighted by Gasteiger charge is -2.25. The largest absolute Gasteiger partial charge is 0.467 e. The van der Waals surface area contributed by atoms with Crippen molar-refractivity contribution in [3.05, 3.63) is 0 Å². The molecule has 1 aromatic rings. The van der Waals surface area contributed by atoms with Crippen molar-refractivity contribution in [2.45, 2.75) is 19.3 Å². The van der Waals surface area contributed by atoms with Crippen LogP contribution in [0.15, 0.2) is 0 Å². The summed E-state index contributed by atoms with van der Waals surface area (Å²) in [5.41, 5.74) is 5.52. The number of nitrogen functional groups attached to an aromatic ring is 1. The summed E-state index contributed by atoms with van der Waals surface area (Å²) in [7, 11) is 1.48. The molecule has 1 aromatic heterocycles. The number of nitrogens with two attached hydrogens (primary N) is 1. The number of likely N-dealkylation sites (tertiary alicyclic amines) is 1. The first kappa shape index (κ1) is 12.8. The van der Waals surface area contributed by atoms with Crippen LogP contribution in [-0.2, 0) is 0 Å². The molecular weight excluding hydrogens is 234 g/mol. The summed E-state index contributed by atoms with van der Waals surface area (Å²) in [6.07, 6.45) is 3.87. The maximum atomic E-state index is 5.52. The van der Waals surface area contributed by atoms with E-state index in [0.717, 1.165) is 19.6 Å². The first-order valence-electron chi connectivity index (χ1n) is 6.18. The molecule has 1 saturated heterocycles. The second kappa shape index (κ2) is 6.34. The molecule has 2 rings (SSSR count). The van der Waals surface area contributed by atoms with Crippen molar-refractivity contribution in [2.75, 3.05) is 39.1 Å². The summed E-state index contributed by atoms with van der Waals surface area (Å²) in [4.78, 5) is 14.0. The Morgan fingerprint density at radius 2 is 1.83 bits per heavy atom. The van der Waals surface area contributed by atoms with Crippen LogP contribution in [0.25, 0.3) is 0 Å². The van der Waals surface area contributed by atoms with E-state index in [4.69, 9.17) is 15.2 Å². The van der Waals surface area contributed by atoms with Crippen molar-refractivity contribution in [3.8, 4) is 12.0 Å². The first-order valence-corrected chi connectivity index (χ1v) is 6.18. The Balaban J connectivity index is 1.80. The monoisotopic (exact) mass is 253 g/mol. The molecule has 1 aliphatic rings. The van der Waals surface area contributed by atoms with Gasteiger partial charge >= 0.3 is 12.0 Å². The smallest absolute Gasteiger partial charge is 0.324 e. The Morgan fingerprint density at radius 1 is 1.11 bits per heavy atom. The molecule has 1 fully saturated rings. The number of aromatic nitrogens is 3. The average molecular weight is 253 g/mol. The van der Waals surface area contributed by atoms with Crippen LogP contribution >= 0.6 is 0 Å². The van der Waals surface area contributed by atoms with E-state index >= 15 is 0 Å². The summed E-state index contributed by atoms with van der Waals surface area (Å²) in [5, 5.41) is 0. The molecule has 0 saturated carbocycles. The third-order valence-electron chi connectivity index (χ3n) is 2.88. The van der Waals surface area contributed by atoms with E-state index in [2.05, 4.69) is 19.9 Å². The number of anilines is 1. The topological polar surface area (TPSA) is 86.4 Å². The molecule has 2 N–H and O–H groups in total. The van der Waals surface area contributed by atoms with E-state index in [9.17, 15) is 0 Å². The number of methoxy groups -OCH3 is 1. The molecule has 2 heterocycles. The second-order valence-electron chi connectivity index (χ2n) is 4.21. The van der Waals surface area contributed by atoms with Crippen molar-refractivity contribution in [1.82, 2.24) is 19.9 Å². The zero-order chi connectivity index (χ0) is 12.8. The molecular formula is C11H19N5O2. The molecule has 100 valence electrons. The van der Waals surface area contributed by atoms with Gasteiger partial charge in [0.15, 0.2) is 0 Å². The number of nitrogens with zero attached hydrogens (tertiary/aromatic N) is 4. The van der Waals surface area contributed by atoms with Crippen LogP contribution in [0.2, 0.25) is 0 Å². The Labute approximate surface area is 106 Å². The van der Waals surface area contributed by atoms with Gasteiger partial charge in [0.25, 0.3) is 0 Å². The molecule has 0 amide bonds. The lowest BCUT2D eigenvalue weighted by Crippen LogP contribution is -2.33. The van der Waals surface area contributed by atoms with E-state index in [1.54, 1.807) is 0 Å². The van der Waals surface area contributed by atoms with E-state index in [-0.39, 0.29) is 18.0 Å². The van der Waals surface area contributed by atoms with Crippen LogP contribution in [0.4, 0.5) is 5.95 Å². The number of hydrogen-bond donors (Lipinski definition) is 1. The van der Waals surface area contributed by atoms with Gasteiger partial charge in [0.05, 0.1) is 7.11 Å². The SMILES string of the molecule is COc1nc(N)nc(OCCN2CCCCC2)n1. The third-order valence-corrected chi connectivity index (χ3v) is 2.88. The molecule has 0 unspecified atom stereocenters. The Morgan fingerprint density at radius 3 is 2.56 bits per heavy atom. The first-order chi connectivity index (χ1) is 8.78. The van der Waals surface area contributed by atoms with Crippen LogP contribution in [0.5, 0.6) is 12.0 Å². The summed E-state index contributed by atoms with van der Waals surface area (Å²) < 4.78 is 10.4. The fourth-order valence-corrected chi connectivity index (χ4v) is 1.96. The lowest BCUT2D eigenvalue weighted by molar-refractivity contribution is 0.176. The maximum absolute atomic E-state index is 5.52. The van der Waals surface area contributed by atoms with E-state index < -0.39 is 0 Å². The van der Waals surface area contributed by atoms with E-state index in [0.29, 0.717) is 6.61 Å². The lowest BCUT2D eigenvalue weighted by atomic mass is 10.1. The fourth-order valence-electron chi connectivity index (χ4n) is 1.96. The third kappa shape index (κ3) is 3.69. The number of rotatable bonds is 5. The second-order valence-corrected chi connectivity index (χ2v) is 4.21. The molecule has 7 heteroatoms. The molecule has 0 spiro atoms. The van der Waals surface area contributed by atoms with Crippen LogP contribution < -0.4 is 15.2 Å². The van der Waals surface area contributed by atoms with Crippen molar-refractivity contribution in [1.29, 1.82) is 0 Å². The van der Waals surface area contributed by atoms with E-state index in [1.807, 2.05) is 0 Å². The molecule has 0 aromatic carbocycles. The highest BCUT2D eigenvalue weighted by atomic mass is 16.5. The Bertz CT molecular complexity index is 382. The summed E-state index contributed by atoms with van der Waals surface area (Å²) in [6, 6.07) is 0.395. The van der Waals surface area contributed by atoms with Gasteiger partial charge in [-0.25, -0.2) is 0 Å². The minimum absolute atomic E-state index is 0.106. The average Bonchev–Trinajstić information content (AvgIpc) is 2.39. The maximum Gasteiger partial charge on any atom is 0.324 e. The van der Waals surface area contributed by atoms with Gasteiger partial charge in [0.2, 0.25) is 5.95 Å². The highest BCUT2D eigenvalue weighted by molar-refractivity contribution is 5.20. The minimum atomic E-state index is 0.106. The van der Waals surface area contributed by atoms with Crippen LogP contribution in [0.1, 0.15) is 19.3 Å². The van der Waals surface area contributed by atoms with Gasteiger partial charge in [-0.05, 0) is 25.9 Å². The highest BCUT2D eigenvalue weighted by Crippen LogP contribution is 2.11. The van der Waals surface area contributed by atoms with Gasteiger partial charge in [0, 0.05) is 6.54 Å². The van der Waals surface area contributed by atoms with Crippen molar-refractivity contribution < 1.29 is 9.47 Å². The molecule has 0 atom stereocenters. The summed E-state index contributed by atoms with van der Waals surface area (Å²) in [6.45, 7) is 3.72. The molecule has 7 nitrogen and oxygen atoms in total. The van der Waals surface area contributed by atoms with Gasteiger partial charge in [-0.2, -0.15) is 9.97 Å². The van der Waals surface area contributed by atoms with Crippen molar-refractivity contribution in [2.24, 2.45) is 0 Å². The number of hydrogen-bond acceptors (Lipinski definition) is 7. The van der Waals surface area contributed by atoms with E-state index in [1.165, 1.54) is 26.4 Å². The molecule has 0 radical (unpaired) electrons. The van der Waals surface area contributed by atoms with Crippen molar-refractivity contribution >= 4 is 5.95 Å². The van der Waals surface area contributed by atoms with Gasteiger partial charge in [-0.1, -0.05) is 6.42 Å². The zero-order valence-electron chi connectivity index (χ0n) is 10.6. The Hall–Kier alpha value is -1.63. The van der Waals surface area contributed by atoms with Crippen molar-refractivity contribution in [3.63, 3.8) is 0 Å².